The van der Waals surface area contributed by atoms with Gasteiger partial charge in [-0.05, 0) is 69.1 Å². The number of nitrogens with zero attached hydrogens (tertiary/aromatic N) is 4. The number of benzene rings is 1. The molecule has 2 aliphatic carbocycles. The van der Waals surface area contributed by atoms with Crippen LogP contribution >= 0.6 is 11.8 Å². The monoisotopic (exact) mass is 513 g/mol. The molecule has 9 heteroatoms. The zero-order valence-corrected chi connectivity index (χ0v) is 21.5. The largest absolute Gasteiger partial charge is 0.370 e. The minimum atomic E-state index is -2.64. The summed E-state index contributed by atoms with van der Waals surface area (Å²) in [6.45, 7) is 4.22. The molecule has 0 unspecified atom stereocenters. The van der Waals surface area contributed by atoms with Crippen molar-refractivity contribution in [1.29, 1.82) is 0 Å². The summed E-state index contributed by atoms with van der Waals surface area (Å²) < 4.78 is 27.3. The van der Waals surface area contributed by atoms with E-state index in [9.17, 15) is 13.6 Å². The number of carbonyl (C=O) groups is 1. The highest BCUT2D eigenvalue weighted by Crippen LogP contribution is 2.54. The van der Waals surface area contributed by atoms with Gasteiger partial charge in [0.1, 0.15) is 5.69 Å². The number of rotatable bonds is 6. The minimum Gasteiger partial charge on any atom is -0.370 e. The number of anilines is 3. The molecule has 6 rings (SSSR count). The van der Waals surface area contributed by atoms with Crippen LogP contribution in [0.25, 0.3) is 0 Å². The van der Waals surface area contributed by atoms with Gasteiger partial charge in [-0.2, -0.15) is 0 Å². The van der Waals surface area contributed by atoms with Crippen LogP contribution in [0.1, 0.15) is 67.5 Å². The third-order valence-electron chi connectivity index (χ3n) is 8.12. The molecule has 1 amide bonds. The summed E-state index contributed by atoms with van der Waals surface area (Å²) in [6, 6.07) is 6.33. The van der Waals surface area contributed by atoms with Gasteiger partial charge in [0, 0.05) is 49.2 Å². The van der Waals surface area contributed by atoms with Gasteiger partial charge in [-0.3, -0.25) is 9.78 Å². The molecule has 4 aliphatic rings. The molecule has 1 spiro atoms. The lowest BCUT2D eigenvalue weighted by Crippen LogP contribution is -2.40. The lowest BCUT2D eigenvalue weighted by molar-refractivity contribution is -0.0222. The predicted molar refractivity (Wildman–Crippen MR) is 140 cm³/mol. The van der Waals surface area contributed by atoms with Crippen molar-refractivity contribution in [2.45, 2.75) is 74.4 Å². The van der Waals surface area contributed by atoms with Crippen LogP contribution in [0.5, 0.6) is 0 Å². The Labute approximate surface area is 215 Å². The van der Waals surface area contributed by atoms with Gasteiger partial charge in [-0.25, -0.2) is 13.8 Å². The first kappa shape index (κ1) is 23.9. The van der Waals surface area contributed by atoms with Gasteiger partial charge in [-0.15, -0.1) is 11.8 Å². The van der Waals surface area contributed by atoms with Crippen molar-refractivity contribution in [2.75, 3.05) is 41.3 Å². The summed E-state index contributed by atoms with van der Waals surface area (Å²) in [6.07, 6.45) is 8.72. The molecule has 2 aromatic rings. The van der Waals surface area contributed by atoms with Crippen molar-refractivity contribution in [2.24, 2.45) is 5.41 Å². The van der Waals surface area contributed by atoms with Crippen LogP contribution in [-0.4, -0.2) is 53.2 Å². The van der Waals surface area contributed by atoms with Crippen molar-refractivity contribution in [3.63, 3.8) is 0 Å². The van der Waals surface area contributed by atoms with Gasteiger partial charge < -0.3 is 15.1 Å². The van der Waals surface area contributed by atoms with Crippen molar-refractivity contribution in [3.05, 3.63) is 35.8 Å². The third-order valence-corrected chi connectivity index (χ3v) is 9.45. The molecule has 1 aromatic carbocycles. The Hall–Kier alpha value is -2.42. The molecule has 0 atom stereocenters. The quantitative estimate of drug-likeness (QED) is 0.518. The van der Waals surface area contributed by atoms with Crippen LogP contribution < -0.4 is 15.1 Å². The summed E-state index contributed by atoms with van der Waals surface area (Å²) in [4.78, 5) is 27.7. The van der Waals surface area contributed by atoms with E-state index < -0.39 is 5.92 Å². The van der Waals surface area contributed by atoms with E-state index in [-0.39, 0.29) is 37.5 Å². The van der Waals surface area contributed by atoms with Gasteiger partial charge in [0.05, 0.1) is 23.3 Å². The maximum Gasteiger partial charge on any atom is 0.276 e. The zero-order valence-electron chi connectivity index (χ0n) is 20.7. The van der Waals surface area contributed by atoms with Crippen LogP contribution in [0, 0.1) is 12.3 Å². The fraction of sp³-hybridized carbons (Fsp3) is 0.593. The Balaban J connectivity index is 1.22. The number of thioether (sulfide) groups is 1. The lowest BCUT2D eigenvalue weighted by atomic mass is 9.93. The number of aryl methyl sites for hydroxylation is 1. The molecular formula is C27H33F2N5OS. The first-order valence-corrected chi connectivity index (χ1v) is 14.0. The summed E-state index contributed by atoms with van der Waals surface area (Å²) in [5.74, 6) is -2.45. The Morgan fingerprint density at radius 1 is 1.03 bits per heavy atom. The molecule has 2 saturated heterocycles. The normalized spacial score (nSPS) is 22.5. The van der Waals surface area contributed by atoms with E-state index in [0.717, 1.165) is 24.5 Å². The van der Waals surface area contributed by atoms with E-state index in [0.29, 0.717) is 22.2 Å². The second kappa shape index (κ2) is 9.15. The number of nitrogens with one attached hydrogen (secondary N) is 1. The van der Waals surface area contributed by atoms with E-state index >= 15 is 0 Å². The molecule has 0 radical (unpaired) electrons. The van der Waals surface area contributed by atoms with E-state index in [2.05, 4.69) is 32.3 Å². The molecule has 1 N–H and O–H groups in total. The number of piperidine rings is 2. The Morgan fingerprint density at radius 2 is 1.72 bits per heavy atom. The average Bonchev–Trinajstić information content (AvgIpc) is 3.80. The maximum absolute atomic E-state index is 13.7. The topological polar surface area (TPSA) is 61.4 Å². The summed E-state index contributed by atoms with van der Waals surface area (Å²) >= 11 is 1.92. The smallest absolute Gasteiger partial charge is 0.276 e. The molecule has 36 heavy (non-hydrogen) atoms. The Bertz CT molecular complexity index is 1150. The van der Waals surface area contributed by atoms with Crippen molar-refractivity contribution in [3.8, 4) is 0 Å². The molecule has 2 aliphatic heterocycles. The standard InChI is InChI=1S/C27H33F2N5OS/c1-18-24(34-14-10-27(28,29)11-15-34)31-22(17-30-18)25(35)32-21-5-4-20(36-19-2-3-19)16-23(21)33-12-8-26(6-7-26)9-13-33/h4-5,16-17,19H,2-3,6-15H2,1H3,(H,32,35). The summed E-state index contributed by atoms with van der Waals surface area (Å²) in [5, 5.41) is 3.80. The second-order valence-corrected chi connectivity index (χ2v) is 12.3. The highest BCUT2D eigenvalue weighted by atomic mass is 32.2. The maximum atomic E-state index is 13.7. The van der Waals surface area contributed by atoms with Crippen molar-refractivity contribution in [1.82, 2.24) is 9.97 Å². The number of carbonyl (C=O) groups excluding carboxylic acids is 1. The van der Waals surface area contributed by atoms with Crippen molar-refractivity contribution >= 4 is 34.9 Å². The molecule has 4 fully saturated rings. The number of hydrogen-bond donors (Lipinski definition) is 1. The average molecular weight is 514 g/mol. The van der Waals surface area contributed by atoms with Crippen LogP contribution in [0.4, 0.5) is 26.0 Å². The molecule has 192 valence electrons. The third kappa shape index (κ3) is 5.17. The number of halogens is 2. The zero-order chi connectivity index (χ0) is 24.9. The molecular weight excluding hydrogens is 480 g/mol. The molecule has 0 bridgehead atoms. The van der Waals surface area contributed by atoms with Crippen LogP contribution in [0.3, 0.4) is 0 Å². The molecule has 2 saturated carbocycles. The van der Waals surface area contributed by atoms with Crippen LogP contribution in [-0.2, 0) is 0 Å². The Morgan fingerprint density at radius 3 is 2.39 bits per heavy atom. The Kier molecular flexibility index (Phi) is 6.09. The van der Waals surface area contributed by atoms with Gasteiger partial charge in [0.25, 0.3) is 11.8 Å². The first-order chi connectivity index (χ1) is 17.3. The number of aromatic nitrogens is 2. The fourth-order valence-corrected chi connectivity index (χ4v) is 6.39. The number of amides is 1. The van der Waals surface area contributed by atoms with E-state index in [1.165, 1.54) is 49.6 Å². The highest BCUT2D eigenvalue weighted by Gasteiger charge is 2.44. The van der Waals surface area contributed by atoms with E-state index in [1.54, 1.807) is 6.92 Å². The van der Waals surface area contributed by atoms with Gasteiger partial charge in [0.2, 0.25) is 0 Å². The summed E-state index contributed by atoms with van der Waals surface area (Å²) in [7, 11) is 0. The number of alkyl halides is 2. The van der Waals surface area contributed by atoms with Crippen LogP contribution in [0.15, 0.2) is 29.3 Å². The first-order valence-electron chi connectivity index (χ1n) is 13.1. The predicted octanol–water partition coefficient (Wildman–Crippen LogP) is 5.91. The highest BCUT2D eigenvalue weighted by molar-refractivity contribution is 8.00. The lowest BCUT2D eigenvalue weighted by Gasteiger charge is -2.35. The van der Waals surface area contributed by atoms with Crippen molar-refractivity contribution < 1.29 is 13.6 Å². The van der Waals surface area contributed by atoms with E-state index in [1.807, 2.05) is 22.7 Å². The minimum absolute atomic E-state index is 0.200. The van der Waals surface area contributed by atoms with E-state index in [4.69, 9.17) is 0 Å². The number of hydrogen-bond acceptors (Lipinski definition) is 6. The van der Waals surface area contributed by atoms with Gasteiger partial charge >= 0.3 is 0 Å². The van der Waals surface area contributed by atoms with Crippen LogP contribution in [0.2, 0.25) is 0 Å². The molecule has 3 heterocycles. The van der Waals surface area contributed by atoms with Gasteiger partial charge in [0.15, 0.2) is 5.82 Å². The van der Waals surface area contributed by atoms with Gasteiger partial charge in [-0.1, -0.05) is 0 Å². The summed E-state index contributed by atoms with van der Waals surface area (Å²) in [5.41, 5.74) is 3.27. The molecule has 6 nitrogen and oxygen atoms in total. The second-order valence-electron chi connectivity index (χ2n) is 10.9. The fourth-order valence-electron chi connectivity index (χ4n) is 5.31. The SMILES string of the molecule is Cc1ncc(C(=O)Nc2ccc(SC3CC3)cc2N2CCC3(CC2)CC3)nc1N1CCC(F)(F)CC1. The molecule has 1 aromatic heterocycles.